The molecule has 4 heteroatoms. The Bertz CT molecular complexity index is 393. The summed E-state index contributed by atoms with van der Waals surface area (Å²) in [5.41, 5.74) is 6.63. The molecule has 0 spiro atoms. The number of nitrogens with two attached hydrogens (primary N) is 1. The van der Waals surface area contributed by atoms with E-state index in [0.29, 0.717) is 5.02 Å². The first-order valence-electron chi connectivity index (χ1n) is 4.85. The van der Waals surface area contributed by atoms with Crippen molar-refractivity contribution in [3.63, 3.8) is 0 Å². The third-order valence-electron chi connectivity index (χ3n) is 2.59. The summed E-state index contributed by atoms with van der Waals surface area (Å²) in [7, 11) is 0. The SMILES string of the molecule is N#CC(c1cccc(Cl)c1)N1CC(N)C1. The summed E-state index contributed by atoms with van der Waals surface area (Å²) < 4.78 is 0. The van der Waals surface area contributed by atoms with Crippen molar-refractivity contribution < 1.29 is 0 Å². The maximum absolute atomic E-state index is 9.12. The van der Waals surface area contributed by atoms with Crippen LogP contribution in [0.1, 0.15) is 11.6 Å². The van der Waals surface area contributed by atoms with E-state index < -0.39 is 0 Å². The van der Waals surface area contributed by atoms with E-state index in [1.54, 1.807) is 6.07 Å². The van der Waals surface area contributed by atoms with Crippen molar-refractivity contribution in [2.75, 3.05) is 13.1 Å². The molecule has 0 bridgehead atoms. The molecule has 15 heavy (non-hydrogen) atoms. The van der Waals surface area contributed by atoms with Gasteiger partial charge in [0, 0.05) is 24.2 Å². The van der Waals surface area contributed by atoms with Gasteiger partial charge >= 0.3 is 0 Å². The van der Waals surface area contributed by atoms with Crippen LogP contribution in [-0.2, 0) is 0 Å². The zero-order valence-corrected chi connectivity index (χ0v) is 8.98. The number of rotatable bonds is 2. The van der Waals surface area contributed by atoms with Crippen LogP contribution >= 0.6 is 11.6 Å². The van der Waals surface area contributed by atoms with E-state index in [-0.39, 0.29) is 12.1 Å². The Hall–Kier alpha value is -1.08. The van der Waals surface area contributed by atoms with E-state index in [0.717, 1.165) is 18.7 Å². The maximum atomic E-state index is 9.12. The zero-order valence-electron chi connectivity index (χ0n) is 8.23. The summed E-state index contributed by atoms with van der Waals surface area (Å²) in [6.45, 7) is 1.56. The van der Waals surface area contributed by atoms with Crippen LogP contribution in [0.3, 0.4) is 0 Å². The Balaban J connectivity index is 2.17. The van der Waals surface area contributed by atoms with Gasteiger partial charge in [-0.15, -0.1) is 0 Å². The molecule has 0 amide bonds. The average molecular weight is 222 g/mol. The van der Waals surface area contributed by atoms with E-state index in [1.165, 1.54) is 0 Å². The Morgan fingerprint density at radius 3 is 2.80 bits per heavy atom. The van der Waals surface area contributed by atoms with Gasteiger partial charge in [-0.1, -0.05) is 23.7 Å². The van der Waals surface area contributed by atoms with Gasteiger partial charge in [0.05, 0.1) is 6.07 Å². The predicted octanol–water partition coefficient (Wildman–Crippen LogP) is 1.55. The summed E-state index contributed by atoms with van der Waals surface area (Å²) in [5, 5.41) is 9.78. The molecule has 1 fully saturated rings. The lowest BCUT2D eigenvalue weighted by Gasteiger charge is -2.39. The first kappa shape index (κ1) is 10.4. The summed E-state index contributed by atoms with van der Waals surface area (Å²) in [5.74, 6) is 0. The highest BCUT2D eigenvalue weighted by molar-refractivity contribution is 6.30. The van der Waals surface area contributed by atoms with E-state index in [4.69, 9.17) is 22.6 Å². The van der Waals surface area contributed by atoms with Gasteiger partial charge in [-0.2, -0.15) is 5.26 Å². The molecule has 0 radical (unpaired) electrons. The highest BCUT2D eigenvalue weighted by atomic mass is 35.5. The van der Waals surface area contributed by atoms with Crippen LogP contribution in [0.5, 0.6) is 0 Å². The molecule has 0 aliphatic carbocycles. The molecule has 2 rings (SSSR count). The molecule has 1 saturated heterocycles. The summed E-state index contributed by atoms with van der Waals surface area (Å²) in [6.07, 6.45) is 0. The average Bonchev–Trinajstić information content (AvgIpc) is 2.16. The van der Waals surface area contributed by atoms with Gasteiger partial charge in [0.1, 0.15) is 6.04 Å². The Morgan fingerprint density at radius 2 is 2.27 bits per heavy atom. The molecule has 0 saturated carbocycles. The second-order valence-corrected chi connectivity index (χ2v) is 4.24. The summed E-state index contributed by atoms with van der Waals surface area (Å²) >= 11 is 5.89. The lowest BCUT2D eigenvalue weighted by atomic mass is 10.0. The normalized spacial score (nSPS) is 19.3. The second-order valence-electron chi connectivity index (χ2n) is 3.80. The van der Waals surface area contributed by atoms with Crippen molar-refractivity contribution in [3.05, 3.63) is 34.9 Å². The standard InChI is InChI=1S/C11H12ClN3/c12-9-3-1-2-8(4-9)11(5-13)15-6-10(14)7-15/h1-4,10-11H,6-7,14H2. The van der Waals surface area contributed by atoms with E-state index in [2.05, 4.69) is 11.0 Å². The van der Waals surface area contributed by atoms with Crippen LogP contribution in [0.2, 0.25) is 5.02 Å². The number of likely N-dealkylation sites (tertiary alicyclic amines) is 1. The fraction of sp³-hybridized carbons (Fsp3) is 0.364. The molecule has 1 aromatic rings. The smallest absolute Gasteiger partial charge is 0.124 e. The van der Waals surface area contributed by atoms with Crippen LogP contribution in [0.25, 0.3) is 0 Å². The highest BCUT2D eigenvalue weighted by Crippen LogP contribution is 2.26. The first-order chi connectivity index (χ1) is 7.20. The van der Waals surface area contributed by atoms with Crippen molar-refractivity contribution >= 4 is 11.6 Å². The molecule has 1 aromatic carbocycles. The fourth-order valence-corrected chi connectivity index (χ4v) is 2.00. The van der Waals surface area contributed by atoms with Gasteiger partial charge in [0.2, 0.25) is 0 Å². The molecule has 1 aliphatic heterocycles. The number of halogens is 1. The minimum atomic E-state index is -0.219. The molecule has 1 aliphatic rings. The number of nitriles is 1. The Kier molecular flexibility index (Phi) is 2.92. The van der Waals surface area contributed by atoms with Crippen LogP contribution in [0.15, 0.2) is 24.3 Å². The van der Waals surface area contributed by atoms with Gasteiger partial charge in [-0.3, -0.25) is 4.90 Å². The van der Waals surface area contributed by atoms with Crippen LogP contribution in [0, 0.1) is 11.3 Å². The topological polar surface area (TPSA) is 53.0 Å². The third kappa shape index (κ3) is 2.13. The molecule has 2 N–H and O–H groups in total. The number of benzene rings is 1. The minimum absolute atomic E-state index is 0.208. The molecular formula is C11H12ClN3. The summed E-state index contributed by atoms with van der Waals surface area (Å²) in [6, 6.07) is 9.69. The fourth-order valence-electron chi connectivity index (χ4n) is 1.80. The molecule has 1 atom stereocenters. The number of hydrogen-bond acceptors (Lipinski definition) is 3. The van der Waals surface area contributed by atoms with E-state index >= 15 is 0 Å². The lowest BCUT2D eigenvalue weighted by molar-refractivity contribution is 0.121. The van der Waals surface area contributed by atoms with Crippen molar-refractivity contribution in [1.29, 1.82) is 5.26 Å². The molecule has 1 unspecified atom stereocenters. The predicted molar refractivity (Wildman–Crippen MR) is 59.4 cm³/mol. The van der Waals surface area contributed by atoms with Gasteiger partial charge in [0.15, 0.2) is 0 Å². The lowest BCUT2D eigenvalue weighted by Crippen LogP contribution is -2.56. The van der Waals surface area contributed by atoms with Crippen molar-refractivity contribution in [2.24, 2.45) is 5.73 Å². The van der Waals surface area contributed by atoms with E-state index in [1.807, 2.05) is 18.2 Å². The van der Waals surface area contributed by atoms with Crippen molar-refractivity contribution in [1.82, 2.24) is 4.90 Å². The van der Waals surface area contributed by atoms with Crippen LogP contribution < -0.4 is 5.73 Å². The summed E-state index contributed by atoms with van der Waals surface area (Å²) in [4.78, 5) is 2.05. The van der Waals surface area contributed by atoms with E-state index in [9.17, 15) is 0 Å². The zero-order chi connectivity index (χ0) is 10.8. The number of hydrogen-bond donors (Lipinski definition) is 1. The number of nitrogens with zero attached hydrogens (tertiary/aromatic N) is 2. The Labute approximate surface area is 94.0 Å². The van der Waals surface area contributed by atoms with Gasteiger partial charge in [-0.05, 0) is 17.7 Å². The largest absolute Gasteiger partial charge is 0.325 e. The third-order valence-corrected chi connectivity index (χ3v) is 2.82. The van der Waals surface area contributed by atoms with Crippen LogP contribution in [-0.4, -0.2) is 24.0 Å². The maximum Gasteiger partial charge on any atom is 0.124 e. The Morgan fingerprint density at radius 1 is 1.53 bits per heavy atom. The molecular weight excluding hydrogens is 210 g/mol. The molecule has 3 nitrogen and oxygen atoms in total. The highest BCUT2D eigenvalue weighted by Gasteiger charge is 2.30. The monoisotopic (exact) mass is 221 g/mol. The quantitative estimate of drug-likeness (QED) is 0.825. The first-order valence-corrected chi connectivity index (χ1v) is 5.23. The van der Waals surface area contributed by atoms with Gasteiger partial charge < -0.3 is 5.73 Å². The van der Waals surface area contributed by atoms with Crippen molar-refractivity contribution in [2.45, 2.75) is 12.1 Å². The van der Waals surface area contributed by atoms with Gasteiger partial charge in [-0.25, -0.2) is 0 Å². The molecule has 78 valence electrons. The van der Waals surface area contributed by atoms with Crippen LogP contribution in [0.4, 0.5) is 0 Å². The second kappa shape index (κ2) is 4.19. The van der Waals surface area contributed by atoms with Gasteiger partial charge in [0.25, 0.3) is 0 Å². The molecule has 1 heterocycles. The minimum Gasteiger partial charge on any atom is -0.325 e. The van der Waals surface area contributed by atoms with Crippen molar-refractivity contribution in [3.8, 4) is 6.07 Å². The molecule has 0 aromatic heterocycles.